The van der Waals surface area contributed by atoms with Crippen molar-refractivity contribution >= 4 is 23.7 Å². The van der Waals surface area contributed by atoms with Crippen molar-refractivity contribution in [1.29, 1.82) is 0 Å². The summed E-state index contributed by atoms with van der Waals surface area (Å²) in [7, 11) is 0. The van der Waals surface area contributed by atoms with Crippen LogP contribution in [0.15, 0.2) is 42.5 Å². The van der Waals surface area contributed by atoms with Crippen molar-refractivity contribution in [2.75, 3.05) is 64.2 Å². The Morgan fingerprint density at radius 1 is 0.867 bits per heavy atom. The molecule has 45 heavy (non-hydrogen) atoms. The first-order chi connectivity index (χ1) is 21.8. The van der Waals surface area contributed by atoms with Crippen LogP contribution in [0.4, 0.5) is 15.3 Å². The maximum Gasteiger partial charge on any atom is 0.410 e. The number of nitrogens with zero attached hydrogens (tertiary/aromatic N) is 4. The van der Waals surface area contributed by atoms with Crippen LogP contribution in [0, 0.1) is 13.8 Å². The molecular weight excluding hydrogens is 568 g/mol. The second-order valence-electron chi connectivity index (χ2n) is 13.2. The van der Waals surface area contributed by atoms with E-state index in [9.17, 15) is 14.4 Å². The van der Waals surface area contributed by atoms with E-state index in [0.29, 0.717) is 58.0 Å². The monoisotopic (exact) mass is 618 g/mol. The topological polar surface area (TPSA) is 97.5 Å². The number of ether oxygens (including phenoxy) is 1. The van der Waals surface area contributed by atoms with Gasteiger partial charge in [0.25, 0.3) is 5.91 Å². The third-order valence-electron chi connectivity index (χ3n) is 9.97. The molecule has 0 unspecified atom stereocenters. The minimum Gasteiger partial charge on any atom is -0.436 e. The number of aryl methyl sites for hydroxylation is 2. The molecule has 2 N–H and O–H groups in total. The smallest absolute Gasteiger partial charge is 0.410 e. The molecule has 1 atom stereocenters. The molecule has 6 rings (SSSR count). The van der Waals surface area contributed by atoms with Crippen LogP contribution >= 0.6 is 0 Å². The molecule has 0 saturated carbocycles. The van der Waals surface area contributed by atoms with Crippen LogP contribution in [-0.4, -0.2) is 115 Å². The molecule has 10 heteroatoms. The zero-order chi connectivity index (χ0) is 31.3. The van der Waals surface area contributed by atoms with Gasteiger partial charge < -0.3 is 30.1 Å². The van der Waals surface area contributed by atoms with E-state index in [0.717, 1.165) is 73.4 Å². The van der Waals surface area contributed by atoms with Crippen molar-refractivity contribution in [3.8, 4) is 0 Å². The number of piperazine rings is 1. The summed E-state index contributed by atoms with van der Waals surface area (Å²) in [5.74, 6) is -0.100. The molecule has 0 aromatic heterocycles. The molecule has 3 fully saturated rings. The standard InChI is InChI=1S/C35H48N6O4.H2/c1-25-21-26(2)23-27(22-25)24-32(33(42)39-14-8-29(9-15-39)38-19-12-36-13-20-38)45-35(44)40-16-10-30(11-17-40)41-18-7-28-5-3-4-6-31(28)37-34(41)43;/h3-6,21-23,29-30,32,36H,7-20,24H2,1-2H3,(H,37,43);1H/t32-;/m1./s1. The first-order valence-corrected chi connectivity index (χ1v) is 16.8. The quantitative estimate of drug-likeness (QED) is 0.507. The average molecular weight is 619 g/mol. The highest BCUT2D eigenvalue weighted by Gasteiger charge is 2.36. The number of fused-ring (bicyclic) bond motifs is 1. The number of likely N-dealkylation sites (tertiary alicyclic amines) is 2. The average Bonchev–Trinajstić information content (AvgIpc) is 3.22. The van der Waals surface area contributed by atoms with Crippen LogP contribution in [0.1, 0.15) is 49.4 Å². The van der Waals surface area contributed by atoms with E-state index in [4.69, 9.17) is 4.74 Å². The molecule has 0 spiro atoms. The number of hydrogen-bond donors (Lipinski definition) is 2. The molecular formula is C35H50N6O4. The summed E-state index contributed by atoms with van der Waals surface area (Å²) < 4.78 is 6.08. The first kappa shape index (κ1) is 31.4. The number of anilines is 1. The van der Waals surface area contributed by atoms with E-state index < -0.39 is 12.2 Å². The molecule has 2 aromatic rings. The number of carbonyl (C=O) groups is 3. The van der Waals surface area contributed by atoms with Crippen LogP contribution in [-0.2, 0) is 22.4 Å². The van der Waals surface area contributed by atoms with Crippen LogP contribution in [0.5, 0.6) is 0 Å². The number of rotatable bonds is 6. The molecule has 0 aliphatic carbocycles. The third-order valence-corrected chi connectivity index (χ3v) is 9.97. The van der Waals surface area contributed by atoms with Crippen LogP contribution in [0.3, 0.4) is 0 Å². The fourth-order valence-electron chi connectivity index (χ4n) is 7.58. The van der Waals surface area contributed by atoms with Crippen LogP contribution < -0.4 is 10.6 Å². The third kappa shape index (κ3) is 7.61. The Balaban J connectivity index is 0.00000417. The van der Waals surface area contributed by atoms with Gasteiger partial charge in [0.2, 0.25) is 0 Å². The Morgan fingerprint density at radius 2 is 1.51 bits per heavy atom. The van der Waals surface area contributed by atoms with Crippen molar-refractivity contribution in [2.24, 2.45) is 0 Å². The van der Waals surface area contributed by atoms with Gasteiger partial charge in [-0.3, -0.25) is 9.69 Å². The highest BCUT2D eigenvalue weighted by atomic mass is 16.6. The second kappa shape index (κ2) is 14.2. The zero-order valence-corrected chi connectivity index (χ0v) is 26.8. The summed E-state index contributed by atoms with van der Waals surface area (Å²) in [5, 5.41) is 6.48. The fraction of sp³-hybridized carbons (Fsp3) is 0.571. The van der Waals surface area contributed by atoms with Gasteiger partial charge in [-0.15, -0.1) is 0 Å². The fourth-order valence-corrected chi connectivity index (χ4v) is 7.58. The Bertz CT molecular complexity index is 1350. The number of benzene rings is 2. The molecule has 4 aliphatic rings. The summed E-state index contributed by atoms with van der Waals surface area (Å²) in [6.45, 7) is 11.2. The van der Waals surface area contributed by atoms with E-state index in [1.165, 1.54) is 0 Å². The normalized spacial score (nSPS) is 21.1. The van der Waals surface area contributed by atoms with Gasteiger partial charge in [0.1, 0.15) is 0 Å². The number of para-hydroxylation sites is 1. The van der Waals surface area contributed by atoms with E-state index in [1.807, 2.05) is 41.8 Å². The minimum atomic E-state index is -0.873. The van der Waals surface area contributed by atoms with E-state index in [1.54, 1.807) is 4.90 Å². The molecule has 0 radical (unpaired) electrons. The van der Waals surface area contributed by atoms with Gasteiger partial charge in [0, 0.05) is 84.5 Å². The molecule has 244 valence electrons. The van der Waals surface area contributed by atoms with Gasteiger partial charge in [-0.2, -0.15) is 0 Å². The predicted octanol–water partition coefficient (Wildman–Crippen LogP) is 4.05. The van der Waals surface area contributed by atoms with Crippen molar-refractivity contribution in [3.05, 3.63) is 64.7 Å². The SMILES string of the molecule is Cc1cc(C)cc(C[C@@H](OC(=O)N2CCC(N3CCc4ccccc4NC3=O)CC2)C(=O)N2CCC(N3CCNCC3)CC2)c1.[HH]. The molecule has 4 aliphatic heterocycles. The lowest BCUT2D eigenvalue weighted by molar-refractivity contribution is -0.142. The van der Waals surface area contributed by atoms with Gasteiger partial charge in [0.05, 0.1) is 0 Å². The van der Waals surface area contributed by atoms with Gasteiger partial charge in [0.15, 0.2) is 6.10 Å². The van der Waals surface area contributed by atoms with Crippen molar-refractivity contribution in [3.63, 3.8) is 0 Å². The van der Waals surface area contributed by atoms with Crippen molar-refractivity contribution in [2.45, 2.75) is 70.6 Å². The maximum absolute atomic E-state index is 13.9. The number of piperidine rings is 2. The first-order valence-electron chi connectivity index (χ1n) is 16.8. The lowest BCUT2D eigenvalue weighted by atomic mass is 9.99. The summed E-state index contributed by atoms with van der Waals surface area (Å²) in [5.41, 5.74) is 5.27. The largest absolute Gasteiger partial charge is 0.436 e. The lowest BCUT2D eigenvalue weighted by Crippen LogP contribution is -2.54. The Morgan fingerprint density at radius 3 is 2.22 bits per heavy atom. The van der Waals surface area contributed by atoms with Crippen LogP contribution in [0.2, 0.25) is 0 Å². The molecule has 2 aromatic carbocycles. The Hall–Kier alpha value is -3.63. The number of hydrogen-bond acceptors (Lipinski definition) is 6. The van der Waals surface area contributed by atoms with E-state index >= 15 is 0 Å². The molecule has 4 heterocycles. The van der Waals surface area contributed by atoms with Gasteiger partial charge in [-0.05, 0) is 63.1 Å². The van der Waals surface area contributed by atoms with Gasteiger partial charge in [-0.25, -0.2) is 9.59 Å². The highest BCUT2D eigenvalue weighted by molar-refractivity contribution is 5.91. The molecule has 0 bridgehead atoms. The molecule has 3 saturated heterocycles. The number of carbonyl (C=O) groups excluding carboxylic acids is 3. The number of urea groups is 1. The maximum atomic E-state index is 13.9. The molecule has 4 amide bonds. The van der Waals surface area contributed by atoms with E-state index in [-0.39, 0.29) is 19.4 Å². The van der Waals surface area contributed by atoms with Gasteiger partial charge >= 0.3 is 12.1 Å². The summed E-state index contributed by atoms with van der Waals surface area (Å²) >= 11 is 0. The van der Waals surface area contributed by atoms with Crippen molar-refractivity contribution < 1.29 is 20.5 Å². The van der Waals surface area contributed by atoms with Gasteiger partial charge in [-0.1, -0.05) is 47.5 Å². The Labute approximate surface area is 268 Å². The lowest BCUT2D eigenvalue weighted by Gasteiger charge is -2.41. The zero-order valence-electron chi connectivity index (χ0n) is 26.8. The summed E-state index contributed by atoms with van der Waals surface area (Å²) in [4.78, 5) is 48.6. The minimum absolute atomic E-state index is 0. The molecule has 10 nitrogen and oxygen atoms in total. The second-order valence-corrected chi connectivity index (χ2v) is 13.2. The number of nitrogens with one attached hydrogen (secondary N) is 2. The van der Waals surface area contributed by atoms with Crippen LogP contribution in [0.25, 0.3) is 0 Å². The van der Waals surface area contributed by atoms with E-state index in [2.05, 4.69) is 39.8 Å². The van der Waals surface area contributed by atoms with Crippen molar-refractivity contribution in [1.82, 2.24) is 24.9 Å². The Kier molecular flexibility index (Phi) is 9.90. The number of amides is 4. The summed E-state index contributed by atoms with van der Waals surface area (Å²) in [6.07, 6.45) is 3.07. The summed E-state index contributed by atoms with van der Waals surface area (Å²) in [6, 6.07) is 14.7. The highest BCUT2D eigenvalue weighted by Crippen LogP contribution is 2.26. The predicted molar refractivity (Wildman–Crippen MR) is 177 cm³/mol.